The largest absolute Gasteiger partial charge is 0.490 e. The van der Waals surface area contributed by atoms with Gasteiger partial charge in [-0.3, -0.25) is 4.79 Å². The Morgan fingerprint density at radius 3 is 2.67 bits per heavy atom. The van der Waals surface area contributed by atoms with Crippen LogP contribution in [0, 0.1) is 3.57 Å². The molecule has 1 heterocycles. The van der Waals surface area contributed by atoms with Crippen LogP contribution in [-0.4, -0.2) is 18.7 Å². The van der Waals surface area contributed by atoms with E-state index >= 15 is 0 Å². The third kappa shape index (κ3) is 6.14. The summed E-state index contributed by atoms with van der Waals surface area (Å²) in [5, 5.41) is 4.88. The highest BCUT2D eigenvalue weighted by Crippen LogP contribution is 2.29. The molecule has 4 aromatic rings. The van der Waals surface area contributed by atoms with Crippen LogP contribution < -0.4 is 14.9 Å². The number of carbonyl (C=O) groups excluding carboxylic acids is 1. The van der Waals surface area contributed by atoms with Crippen LogP contribution in [0.2, 0.25) is 0 Å². The molecule has 0 fully saturated rings. The molecule has 8 heteroatoms. The van der Waals surface area contributed by atoms with Gasteiger partial charge in [0.2, 0.25) is 0 Å². The van der Waals surface area contributed by atoms with Gasteiger partial charge in [0.15, 0.2) is 17.3 Å². The fraction of sp³-hybridized carbons (Fsp3) is 0.120. The molecule has 0 unspecified atom stereocenters. The minimum atomic E-state index is -0.430. The Hall–Kier alpha value is -2.85. The number of amides is 1. The number of benzene rings is 3. The minimum Gasteiger partial charge on any atom is -0.490 e. The lowest BCUT2D eigenvalue weighted by Gasteiger charge is -2.12. The van der Waals surface area contributed by atoms with Crippen LogP contribution in [-0.2, 0) is 6.61 Å². The third-order valence-corrected chi connectivity index (χ3v) is 5.87. The molecule has 1 N–H and O–H groups in total. The molecule has 0 aliphatic heterocycles. The normalized spacial score (nSPS) is 11.1. The molecule has 0 radical (unpaired) electrons. The van der Waals surface area contributed by atoms with Gasteiger partial charge < -0.3 is 13.9 Å². The molecule has 0 saturated carbocycles. The highest BCUT2D eigenvalue weighted by molar-refractivity contribution is 14.1. The fourth-order valence-electron chi connectivity index (χ4n) is 3.08. The Kier molecular flexibility index (Phi) is 7.66. The molecule has 0 aliphatic carbocycles. The van der Waals surface area contributed by atoms with Gasteiger partial charge in [-0.15, -0.1) is 0 Å². The average molecular weight is 619 g/mol. The first kappa shape index (κ1) is 23.3. The van der Waals surface area contributed by atoms with Gasteiger partial charge in [0.1, 0.15) is 12.2 Å². The van der Waals surface area contributed by atoms with Gasteiger partial charge in [0, 0.05) is 13.4 Å². The van der Waals surface area contributed by atoms with Crippen molar-refractivity contribution in [3.63, 3.8) is 0 Å². The number of ether oxygens (including phenoxy) is 2. The van der Waals surface area contributed by atoms with E-state index in [1.165, 1.54) is 3.57 Å². The van der Waals surface area contributed by atoms with Crippen LogP contribution >= 0.6 is 38.5 Å². The zero-order chi connectivity index (χ0) is 23.2. The van der Waals surface area contributed by atoms with E-state index in [-0.39, 0.29) is 5.76 Å². The molecule has 0 bridgehead atoms. The first-order valence-electron chi connectivity index (χ1n) is 10.2. The molecule has 0 aliphatic rings. The molecule has 3 aromatic carbocycles. The standard InChI is InChI=1S/C25H20BrIN2O4/c1-2-31-23-11-17(5-9-22(23)32-15-16-3-7-20(27)8-4-16)14-28-29-25(30)24-13-18-12-19(26)6-10-21(18)33-24/h3-14H,2,15H2,1H3,(H,29,30)/b28-14+. The molecule has 0 spiro atoms. The van der Waals surface area contributed by atoms with Crippen molar-refractivity contribution in [3.8, 4) is 11.5 Å². The number of nitrogens with zero attached hydrogens (tertiary/aromatic N) is 1. The van der Waals surface area contributed by atoms with Crippen LogP contribution in [0.25, 0.3) is 11.0 Å². The molecule has 6 nitrogen and oxygen atoms in total. The summed E-state index contributed by atoms with van der Waals surface area (Å²) in [6.07, 6.45) is 1.54. The van der Waals surface area contributed by atoms with Crippen LogP contribution in [0.15, 0.2) is 80.7 Å². The number of hydrogen-bond acceptors (Lipinski definition) is 5. The Morgan fingerprint density at radius 2 is 1.88 bits per heavy atom. The number of hydrazone groups is 1. The monoisotopic (exact) mass is 618 g/mol. The van der Waals surface area contributed by atoms with E-state index in [1.807, 2.05) is 61.5 Å². The first-order valence-corrected chi connectivity index (χ1v) is 12.1. The van der Waals surface area contributed by atoms with Gasteiger partial charge >= 0.3 is 5.91 Å². The Labute approximate surface area is 213 Å². The maximum absolute atomic E-state index is 12.4. The van der Waals surface area contributed by atoms with Crippen molar-refractivity contribution < 1.29 is 18.7 Å². The van der Waals surface area contributed by atoms with Crippen LogP contribution in [0.3, 0.4) is 0 Å². The van der Waals surface area contributed by atoms with Crippen LogP contribution in [0.4, 0.5) is 0 Å². The van der Waals surface area contributed by atoms with Gasteiger partial charge in [-0.1, -0.05) is 28.1 Å². The number of furan rings is 1. The third-order valence-electron chi connectivity index (χ3n) is 4.66. The summed E-state index contributed by atoms with van der Waals surface area (Å²) in [6, 6.07) is 20.9. The average Bonchev–Trinajstić information content (AvgIpc) is 3.23. The summed E-state index contributed by atoms with van der Waals surface area (Å²) in [5.74, 6) is 1.02. The number of carbonyl (C=O) groups is 1. The SMILES string of the molecule is CCOc1cc(/C=N/NC(=O)c2cc3cc(Br)ccc3o2)ccc1OCc1ccc(I)cc1. The van der Waals surface area contributed by atoms with E-state index in [4.69, 9.17) is 13.9 Å². The van der Waals surface area contributed by atoms with Crippen LogP contribution in [0.5, 0.6) is 11.5 Å². The van der Waals surface area contributed by atoms with Crippen molar-refractivity contribution in [2.45, 2.75) is 13.5 Å². The van der Waals surface area contributed by atoms with E-state index in [2.05, 4.69) is 49.0 Å². The van der Waals surface area contributed by atoms with E-state index in [0.29, 0.717) is 30.3 Å². The predicted octanol–water partition coefficient (Wildman–Crippen LogP) is 6.54. The topological polar surface area (TPSA) is 73.1 Å². The highest BCUT2D eigenvalue weighted by Gasteiger charge is 2.12. The second-order valence-corrected chi connectivity index (χ2v) is 9.21. The number of nitrogens with one attached hydrogen (secondary N) is 1. The van der Waals surface area contributed by atoms with Gasteiger partial charge in [0.25, 0.3) is 0 Å². The van der Waals surface area contributed by atoms with Gasteiger partial charge in [-0.05, 0) is 95.2 Å². The first-order chi connectivity index (χ1) is 16.0. The lowest BCUT2D eigenvalue weighted by Crippen LogP contribution is -2.16. The summed E-state index contributed by atoms with van der Waals surface area (Å²) >= 11 is 5.68. The smallest absolute Gasteiger partial charge is 0.307 e. The molecule has 0 saturated heterocycles. The van der Waals surface area contributed by atoms with E-state index in [1.54, 1.807) is 18.3 Å². The maximum Gasteiger partial charge on any atom is 0.307 e. The van der Waals surface area contributed by atoms with Gasteiger partial charge in [0.05, 0.1) is 12.8 Å². The van der Waals surface area contributed by atoms with Crippen LogP contribution in [0.1, 0.15) is 28.6 Å². The van der Waals surface area contributed by atoms with Crippen molar-refractivity contribution >= 4 is 61.6 Å². The second kappa shape index (κ2) is 10.8. The Balaban J connectivity index is 1.41. The van der Waals surface area contributed by atoms with Gasteiger partial charge in [-0.2, -0.15) is 5.10 Å². The zero-order valence-corrected chi connectivity index (χ0v) is 21.4. The molecular formula is C25H20BrIN2O4. The molecule has 33 heavy (non-hydrogen) atoms. The van der Waals surface area contributed by atoms with Crippen molar-refractivity contribution in [1.82, 2.24) is 5.43 Å². The highest BCUT2D eigenvalue weighted by atomic mass is 127. The molecular weight excluding hydrogens is 599 g/mol. The van der Waals surface area contributed by atoms with E-state index in [0.717, 1.165) is 21.0 Å². The molecule has 168 valence electrons. The van der Waals surface area contributed by atoms with Crippen molar-refractivity contribution in [2.24, 2.45) is 5.10 Å². The van der Waals surface area contributed by atoms with Gasteiger partial charge in [-0.25, -0.2) is 5.43 Å². The summed E-state index contributed by atoms with van der Waals surface area (Å²) in [5.41, 5.74) is 4.96. The summed E-state index contributed by atoms with van der Waals surface area (Å²) < 4.78 is 19.4. The quantitative estimate of drug-likeness (QED) is 0.138. The van der Waals surface area contributed by atoms with E-state index in [9.17, 15) is 4.79 Å². The molecule has 0 atom stereocenters. The maximum atomic E-state index is 12.4. The summed E-state index contributed by atoms with van der Waals surface area (Å²) in [7, 11) is 0. The van der Waals surface area contributed by atoms with Crippen molar-refractivity contribution in [2.75, 3.05) is 6.61 Å². The number of halogens is 2. The van der Waals surface area contributed by atoms with E-state index < -0.39 is 5.91 Å². The number of fused-ring (bicyclic) bond motifs is 1. The molecule has 1 amide bonds. The second-order valence-electron chi connectivity index (χ2n) is 7.05. The van der Waals surface area contributed by atoms with Crippen molar-refractivity contribution in [1.29, 1.82) is 0 Å². The number of hydrogen-bond donors (Lipinski definition) is 1. The number of rotatable bonds is 8. The summed E-state index contributed by atoms with van der Waals surface area (Å²) in [4.78, 5) is 12.4. The lowest BCUT2D eigenvalue weighted by atomic mass is 10.2. The zero-order valence-electron chi connectivity index (χ0n) is 17.7. The fourth-order valence-corrected chi connectivity index (χ4v) is 3.82. The Bertz CT molecular complexity index is 1300. The lowest BCUT2D eigenvalue weighted by molar-refractivity contribution is 0.0929. The predicted molar refractivity (Wildman–Crippen MR) is 140 cm³/mol. The van der Waals surface area contributed by atoms with Crippen molar-refractivity contribution in [3.05, 3.63) is 91.7 Å². The summed E-state index contributed by atoms with van der Waals surface area (Å²) in [6.45, 7) is 2.85. The Morgan fingerprint density at radius 1 is 1.06 bits per heavy atom. The molecule has 1 aromatic heterocycles. The molecule has 4 rings (SSSR count). The minimum absolute atomic E-state index is 0.189.